The first kappa shape index (κ1) is 11.4. The van der Waals surface area contributed by atoms with Gasteiger partial charge in [0.1, 0.15) is 11.6 Å². The third-order valence-corrected chi connectivity index (χ3v) is 3.33. The predicted molar refractivity (Wildman–Crippen MR) is 62.3 cm³/mol. The van der Waals surface area contributed by atoms with E-state index in [1.807, 2.05) is 13.1 Å². The number of ether oxygens (including phenoxy) is 1. The molecule has 1 aliphatic rings. The lowest BCUT2D eigenvalue weighted by Crippen LogP contribution is -2.17. The van der Waals surface area contributed by atoms with E-state index in [0.717, 1.165) is 36.8 Å². The predicted octanol–water partition coefficient (Wildman–Crippen LogP) is 2.82. The third kappa shape index (κ3) is 2.05. The smallest absolute Gasteiger partial charge is 0.130 e. The first-order valence-corrected chi connectivity index (χ1v) is 5.80. The van der Waals surface area contributed by atoms with Crippen molar-refractivity contribution < 1.29 is 9.13 Å². The summed E-state index contributed by atoms with van der Waals surface area (Å²) >= 11 is 0. The Hall–Kier alpha value is -1.09. The van der Waals surface area contributed by atoms with Gasteiger partial charge in [-0.15, -0.1) is 0 Å². The van der Waals surface area contributed by atoms with Crippen LogP contribution in [-0.2, 0) is 6.42 Å². The monoisotopic (exact) mass is 223 g/mol. The van der Waals surface area contributed by atoms with Crippen LogP contribution < -0.4 is 10.1 Å². The van der Waals surface area contributed by atoms with Crippen LogP contribution in [0.5, 0.6) is 5.75 Å². The van der Waals surface area contributed by atoms with Crippen LogP contribution in [-0.4, -0.2) is 14.2 Å². The summed E-state index contributed by atoms with van der Waals surface area (Å²) in [7, 11) is 3.50. The van der Waals surface area contributed by atoms with E-state index >= 15 is 0 Å². The molecule has 0 radical (unpaired) electrons. The molecule has 0 saturated heterocycles. The van der Waals surface area contributed by atoms with Gasteiger partial charge in [0.15, 0.2) is 0 Å². The highest BCUT2D eigenvalue weighted by Gasteiger charge is 2.21. The molecule has 2 rings (SSSR count). The maximum atomic E-state index is 13.9. The van der Waals surface area contributed by atoms with Gasteiger partial charge in [-0.1, -0.05) is 6.42 Å². The third-order valence-electron chi connectivity index (χ3n) is 3.33. The van der Waals surface area contributed by atoms with E-state index in [1.54, 1.807) is 7.11 Å². The topological polar surface area (TPSA) is 21.3 Å². The molecule has 0 aliphatic heterocycles. The second-order valence-electron chi connectivity index (χ2n) is 4.26. The molecule has 1 atom stereocenters. The van der Waals surface area contributed by atoms with E-state index in [4.69, 9.17) is 4.74 Å². The average Bonchev–Trinajstić information content (AvgIpc) is 2.51. The number of hydrogen-bond acceptors (Lipinski definition) is 2. The average molecular weight is 223 g/mol. The summed E-state index contributed by atoms with van der Waals surface area (Å²) in [5.74, 6) is 0.481. The molecule has 88 valence electrons. The van der Waals surface area contributed by atoms with Crippen LogP contribution in [0.4, 0.5) is 4.39 Å². The normalized spacial score (nSPS) is 20.1. The number of halogens is 1. The summed E-state index contributed by atoms with van der Waals surface area (Å²) in [4.78, 5) is 0. The van der Waals surface area contributed by atoms with Crippen molar-refractivity contribution in [1.82, 2.24) is 5.32 Å². The Labute approximate surface area is 95.8 Å². The first-order chi connectivity index (χ1) is 7.76. The van der Waals surface area contributed by atoms with Gasteiger partial charge in [0.25, 0.3) is 0 Å². The number of hydrogen-bond donors (Lipinski definition) is 1. The number of benzene rings is 1. The van der Waals surface area contributed by atoms with Crippen molar-refractivity contribution in [2.24, 2.45) is 0 Å². The van der Waals surface area contributed by atoms with Crippen molar-refractivity contribution in [3.63, 3.8) is 0 Å². The van der Waals surface area contributed by atoms with Gasteiger partial charge in [-0.05, 0) is 43.5 Å². The summed E-state index contributed by atoms with van der Waals surface area (Å²) in [5.41, 5.74) is 1.93. The number of methoxy groups -OCH3 is 1. The molecule has 2 nitrogen and oxygen atoms in total. The molecule has 0 amide bonds. The van der Waals surface area contributed by atoms with Gasteiger partial charge in [0, 0.05) is 12.1 Å². The van der Waals surface area contributed by atoms with Gasteiger partial charge in [-0.25, -0.2) is 4.39 Å². The fourth-order valence-corrected chi connectivity index (χ4v) is 2.43. The minimum absolute atomic E-state index is 0.128. The summed E-state index contributed by atoms with van der Waals surface area (Å²) < 4.78 is 19.0. The molecule has 1 aromatic carbocycles. The molecule has 0 fully saturated rings. The highest BCUT2D eigenvalue weighted by molar-refractivity contribution is 5.39. The molecule has 0 heterocycles. The minimum Gasteiger partial charge on any atom is -0.497 e. The van der Waals surface area contributed by atoms with E-state index in [-0.39, 0.29) is 11.9 Å². The van der Waals surface area contributed by atoms with E-state index < -0.39 is 0 Å². The Bertz CT molecular complexity index is 378. The van der Waals surface area contributed by atoms with Crippen LogP contribution in [0, 0.1) is 5.82 Å². The van der Waals surface area contributed by atoms with Crippen molar-refractivity contribution in [2.45, 2.75) is 31.7 Å². The van der Waals surface area contributed by atoms with Gasteiger partial charge < -0.3 is 10.1 Å². The fraction of sp³-hybridized carbons (Fsp3) is 0.538. The second kappa shape index (κ2) is 4.83. The summed E-state index contributed by atoms with van der Waals surface area (Å²) in [6.45, 7) is 0. The number of fused-ring (bicyclic) bond motifs is 1. The molecule has 0 saturated carbocycles. The second-order valence-corrected chi connectivity index (χ2v) is 4.26. The van der Waals surface area contributed by atoms with E-state index in [0.29, 0.717) is 5.75 Å². The number of rotatable bonds is 2. The van der Waals surface area contributed by atoms with Crippen LogP contribution in [0.3, 0.4) is 0 Å². The molecular weight excluding hydrogens is 205 g/mol. The zero-order chi connectivity index (χ0) is 11.5. The lowest BCUT2D eigenvalue weighted by atomic mass is 9.98. The van der Waals surface area contributed by atoms with Crippen molar-refractivity contribution in [3.8, 4) is 5.75 Å². The Morgan fingerprint density at radius 1 is 1.38 bits per heavy atom. The summed E-state index contributed by atoms with van der Waals surface area (Å²) in [5, 5.41) is 3.26. The van der Waals surface area contributed by atoms with Crippen LogP contribution in [0.15, 0.2) is 12.1 Å². The highest BCUT2D eigenvalue weighted by atomic mass is 19.1. The van der Waals surface area contributed by atoms with Crippen molar-refractivity contribution in [2.75, 3.05) is 14.2 Å². The van der Waals surface area contributed by atoms with Crippen molar-refractivity contribution >= 4 is 0 Å². The zero-order valence-electron chi connectivity index (χ0n) is 9.85. The van der Waals surface area contributed by atoms with Gasteiger partial charge >= 0.3 is 0 Å². The van der Waals surface area contributed by atoms with Crippen molar-refractivity contribution in [1.29, 1.82) is 0 Å². The van der Waals surface area contributed by atoms with Gasteiger partial charge in [0.2, 0.25) is 0 Å². The molecular formula is C13H18FNO. The first-order valence-electron chi connectivity index (χ1n) is 5.80. The van der Waals surface area contributed by atoms with E-state index in [1.165, 1.54) is 6.07 Å². The maximum Gasteiger partial charge on any atom is 0.130 e. The van der Waals surface area contributed by atoms with Crippen molar-refractivity contribution in [3.05, 3.63) is 29.1 Å². The van der Waals surface area contributed by atoms with Gasteiger partial charge in [-0.2, -0.15) is 0 Å². The summed E-state index contributed by atoms with van der Waals surface area (Å²) in [6.07, 6.45) is 4.11. The molecule has 1 aromatic rings. The quantitative estimate of drug-likeness (QED) is 0.778. The van der Waals surface area contributed by atoms with Crippen LogP contribution in [0.2, 0.25) is 0 Å². The van der Waals surface area contributed by atoms with E-state index in [9.17, 15) is 4.39 Å². The zero-order valence-corrected chi connectivity index (χ0v) is 9.85. The minimum atomic E-state index is -0.128. The molecule has 0 bridgehead atoms. The Morgan fingerprint density at radius 2 is 2.19 bits per heavy atom. The molecule has 1 unspecified atom stereocenters. The van der Waals surface area contributed by atoms with Gasteiger partial charge in [0.05, 0.1) is 7.11 Å². The molecule has 0 aromatic heterocycles. The van der Waals surface area contributed by atoms with E-state index in [2.05, 4.69) is 5.32 Å². The highest BCUT2D eigenvalue weighted by Crippen LogP contribution is 2.33. The SMILES string of the molecule is CNC1CCCCc2c(F)cc(OC)cc21. The molecule has 0 spiro atoms. The number of nitrogens with one attached hydrogen (secondary N) is 1. The van der Waals surface area contributed by atoms with Crippen LogP contribution >= 0.6 is 0 Å². The Morgan fingerprint density at radius 3 is 2.88 bits per heavy atom. The Balaban J connectivity index is 2.49. The summed E-state index contributed by atoms with van der Waals surface area (Å²) in [6, 6.07) is 3.70. The molecule has 1 N–H and O–H groups in total. The molecule has 3 heteroatoms. The fourth-order valence-electron chi connectivity index (χ4n) is 2.43. The van der Waals surface area contributed by atoms with Gasteiger partial charge in [-0.3, -0.25) is 0 Å². The standard InChI is InChI=1S/C13H18FNO/c1-15-13-6-4-3-5-10-11(13)7-9(16-2)8-12(10)14/h7-8,13,15H,3-6H2,1-2H3. The molecule has 16 heavy (non-hydrogen) atoms. The molecule has 1 aliphatic carbocycles. The van der Waals surface area contributed by atoms with Crippen LogP contribution in [0.1, 0.15) is 36.4 Å². The Kier molecular flexibility index (Phi) is 3.44. The lowest BCUT2D eigenvalue weighted by Gasteiger charge is -2.18. The lowest BCUT2D eigenvalue weighted by molar-refractivity contribution is 0.408. The van der Waals surface area contributed by atoms with Crippen LogP contribution in [0.25, 0.3) is 0 Å². The largest absolute Gasteiger partial charge is 0.497 e. The maximum absolute atomic E-state index is 13.9.